The zero-order valence-corrected chi connectivity index (χ0v) is 14.0. The SMILES string of the molecule is Fc1ccc(CSS/C=C/CSCc2ccccc2)cc1. The number of hydrogen-bond donors (Lipinski definition) is 0. The summed E-state index contributed by atoms with van der Waals surface area (Å²) in [6.45, 7) is 0. The number of halogens is 1. The molecule has 0 nitrogen and oxygen atoms in total. The van der Waals surface area contributed by atoms with Crippen LogP contribution in [0, 0.1) is 5.82 Å². The standard InChI is InChI=1S/C17H17FS3/c18-17-9-7-16(8-10-17)14-21-20-12-4-11-19-13-15-5-2-1-3-6-15/h1-10,12H,11,13-14H2/b12-4+. The van der Waals surface area contributed by atoms with Crippen LogP contribution in [0.2, 0.25) is 0 Å². The van der Waals surface area contributed by atoms with Gasteiger partial charge >= 0.3 is 0 Å². The third kappa shape index (κ3) is 7.11. The molecule has 0 aliphatic rings. The summed E-state index contributed by atoms with van der Waals surface area (Å²) in [5.74, 6) is 2.80. The summed E-state index contributed by atoms with van der Waals surface area (Å²) in [6.07, 6.45) is 2.19. The van der Waals surface area contributed by atoms with E-state index in [1.54, 1.807) is 21.6 Å². The Bertz CT molecular complexity index is 538. The molecule has 0 aliphatic carbocycles. The van der Waals surface area contributed by atoms with Gasteiger partial charge in [0.2, 0.25) is 0 Å². The van der Waals surface area contributed by atoms with Crippen LogP contribution in [0.1, 0.15) is 11.1 Å². The van der Waals surface area contributed by atoms with E-state index in [4.69, 9.17) is 0 Å². The molecule has 0 radical (unpaired) electrons. The molecule has 21 heavy (non-hydrogen) atoms. The fourth-order valence-electron chi connectivity index (χ4n) is 1.62. The summed E-state index contributed by atoms with van der Waals surface area (Å²) in [5.41, 5.74) is 2.52. The van der Waals surface area contributed by atoms with Crippen LogP contribution in [0.5, 0.6) is 0 Å². The largest absolute Gasteiger partial charge is 0.207 e. The first-order chi connectivity index (χ1) is 10.3. The smallest absolute Gasteiger partial charge is 0.123 e. The molecule has 2 aromatic carbocycles. The number of benzene rings is 2. The van der Waals surface area contributed by atoms with E-state index in [2.05, 4.69) is 35.7 Å². The average molecular weight is 337 g/mol. The minimum absolute atomic E-state index is 0.174. The van der Waals surface area contributed by atoms with Gasteiger partial charge < -0.3 is 0 Å². The summed E-state index contributed by atoms with van der Waals surface area (Å²) in [5, 5.41) is 2.13. The van der Waals surface area contributed by atoms with E-state index in [0.717, 1.165) is 22.8 Å². The lowest BCUT2D eigenvalue weighted by Gasteiger charge is -1.99. The van der Waals surface area contributed by atoms with Crippen LogP contribution in [-0.4, -0.2) is 5.75 Å². The zero-order valence-electron chi connectivity index (χ0n) is 11.6. The molecule has 0 saturated heterocycles. The predicted molar refractivity (Wildman–Crippen MR) is 97.0 cm³/mol. The van der Waals surface area contributed by atoms with Gasteiger partial charge in [0.05, 0.1) is 0 Å². The third-order valence-electron chi connectivity index (χ3n) is 2.68. The van der Waals surface area contributed by atoms with Crippen molar-refractivity contribution in [1.82, 2.24) is 0 Å². The van der Waals surface area contributed by atoms with Crippen molar-refractivity contribution in [2.24, 2.45) is 0 Å². The zero-order chi connectivity index (χ0) is 14.8. The minimum Gasteiger partial charge on any atom is -0.207 e. The van der Waals surface area contributed by atoms with Gasteiger partial charge in [-0.05, 0) is 28.7 Å². The van der Waals surface area contributed by atoms with Gasteiger partial charge in [-0.15, -0.1) is 0 Å². The van der Waals surface area contributed by atoms with Gasteiger partial charge in [0.1, 0.15) is 5.82 Å². The van der Waals surface area contributed by atoms with Crippen LogP contribution in [0.3, 0.4) is 0 Å². The van der Waals surface area contributed by atoms with Crippen molar-refractivity contribution < 1.29 is 4.39 Å². The van der Waals surface area contributed by atoms with Crippen molar-refractivity contribution in [2.75, 3.05) is 5.75 Å². The summed E-state index contributed by atoms with van der Waals surface area (Å²) >= 11 is 1.91. The second kappa shape index (κ2) is 9.98. The highest BCUT2D eigenvalue weighted by Crippen LogP contribution is 2.27. The lowest BCUT2D eigenvalue weighted by atomic mass is 10.2. The van der Waals surface area contributed by atoms with Crippen molar-refractivity contribution in [3.05, 3.63) is 83.0 Å². The predicted octanol–water partition coefficient (Wildman–Crippen LogP) is 6.15. The molecule has 0 atom stereocenters. The monoisotopic (exact) mass is 336 g/mol. The maximum Gasteiger partial charge on any atom is 0.123 e. The molecule has 0 aromatic heterocycles. The maximum absolute atomic E-state index is 12.7. The van der Waals surface area contributed by atoms with Gasteiger partial charge in [0.15, 0.2) is 0 Å². The van der Waals surface area contributed by atoms with Gasteiger partial charge in [-0.25, -0.2) is 4.39 Å². The van der Waals surface area contributed by atoms with Gasteiger partial charge in [0.25, 0.3) is 0 Å². The Morgan fingerprint density at radius 1 is 0.857 bits per heavy atom. The van der Waals surface area contributed by atoms with Crippen LogP contribution in [0.4, 0.5) is 4.39 Å². The molecule has 0 spiro atoms. The van der Waals surface area contributed by atoms with E-state index in [-0.39, 0.29) is 5.82 Å². The topological polar surface area (TPSA) is 0 Å². The summed E-state index contributed by atoms with van der Waals surface area (Å²) in [4.78, 5) is 0. The van der Waals surface area contributed by atoms with Crippen LogP contribution >= 0.6 is 33.3 Å². The molecule has 0 amide bonds. The molecular formula is C17H17FS3. The van der Waals surface area contributed by atoms with Gasteiger partial charge in [-0.2, -0.15) is 11.8 Å². The van der Waals surface area contributed by atoms with Crippen molar-refractivity contribution >= 4 is 33.3 Å². The van der Waals surface area contributed by atoms with E-state index in [9.17, 15) is 4.39 Å². The van der Waals surface area contributed by atoms with Gasteiger partial charge in [0, 0.05) is 17.3 Å². The quantitative estimate of drug-likeness (QED) is 0.419. The molecule has 0 aliphatic heterocycles. The van der Waals surface area contributed by atoms with Crippen molar-refractivity contribution in [3.8, 4) is 0 Å². The second-order valence-electron chi connectivity index (χ2n) is 4.36. The minimum atomic E-state index is -0.174. The Morgan fingerprint density at radius 3 is 2.33 bits per heavy atom. The van der Waals surface area contributed by atoms with Crippen molar-refractivity contribution in [2.45, 2.75) is 11.5 Å². The molecule has 2 aromatic rings. The molecule has 4 heteroatoms. The molecule has 110 valence electrons. The van der Waals surface area contributed by atoms with E-state index in [1.807, 2.05) is 30.0 Å². The first-order valence-electron chi connectivity index (χ1n) is 6.64. The number of hydrogen-bond acceptors (Lipinski definition) is 3. The molecule has 0 heterocycles. The number of rotatable bonds is 8. The lowest BCUT2D eigenvalue weighted by Crippen LogP contribution is -1.79. The fraction of sp³-hybridized carbons (Fsp3) is 0.176. The lowest BCUT2D eigenvalue weighted by molar-refractivity contribution is 0.627. The summed E-state index contributed by atoms with van der Waals surface area (Å²) in [6, 6.07) is 17.2. The van der Waals surface area contributed by atoms with Crippen molar-refractivity contribution in [3.63, 3.8) is 0 Å². The second-order valence-corrected chi connectivity index (χ2v) is 7.66. The Balaban J connectivity index is 1.53. The number of thioether (sulfide) groups is 1. The molecule has 0 bridgehead atoms. The maximum atomic E-state index is 12.7. The Labute approximate surface area is 138 Å². The molecule has 0 N–H and O–H groups in total. The Kier molecular flexibility index (Phi) is 7.86. The van der Waals surface area contributed by atoms with E-state index >= 15 is 0 Å². The molecule has 2 rings (SSSR count). The third-order valence-corrected chi connectivity index (χ3v) is 5.64. The van der Waals surface area contributed by atoms with Crippen LogP contribution in [-0.2, 0) is 11.5 Å². The average Bonchev–Trinajstić information content (AvgIpc) is 2.53. The normalized spacial score (nSPS) is 11.1. The Morgan fingerprint density at radius 2 is 1.57 bits per heavy atom. The van der Waals surface area contributed by atoms with Crippen LogP contribution in [0.25, 0.3) is 0 Å². The Hall–Kier alpha value is -0.840. The fourth-order valence-corrected chi connectivity index (χ4v) is 4.25. The molecule has 0 unspecified atom stereocenters. The molecule has 0 saturated carbocycles. The molecule has 0 fully saturated rings. The van der Waals surface area contributed by atoms with Gasteiger partial charge in [-0.3, -0.25) is 0 Å². The highest BCUT2D eigenvalue weighted by atomic mass is 33.1. The summed E-state index contributed by atoms with van der Waals surface area (Å²) in [7, 11) is 3.49. The van der Waals surface area contributed by atoms with E-state index in [1.165, 1.54) is 17.7 Å². The van der Waals surface area contributed by atoms with Crippen LogP contribution in [0.15, 0.2) is 66.1 Å². The van der Waals surface area contributed by atoms with Gasteiger partial charge in [-0.1, -0.05) is 70.1 Å². The van der Waals surface area contributed by atoms with E-state index in [0.29, 0.717) is 0 Å². The first kappa shape index (κ1) is 16.5. The highest BCUT2D eigenvalue weighted by molar-refractivity contribution is 8.77. The van der Waals surface area contributed by atoms with E-state index < -0.39 is 0 Å². The first-order valence-corrected chi connectivity index (χ1v) is 10.2. The van der Waals surface area contributed by atoms with Crippen molar-refractivity contribution in [1.29, 1.82) is 0 Å². The summed E-state index contributed by atoms with van der Waals surface area (Å²) < 4.78 is 12.7. The van der Waals surface area contributed by atoms with Crippen LogP contribution < -0.4 is 0 Å². The molecular weight excluding hydrogens is 319 g/mol. The highest BCUT2D eigenvalue weighted by Gasteiger charge is 1.94.